The van der Waals surface area contributed by atoms with E-state index in [4.69, 9.17) is 28.0 Å². The van der Waals surface area contributed by atoms with Gasteiger partial charge in [0, 0.05) is 11.6 Å². The summed E-state index contributed by atoms with van der Waals surface area (Å²) in [6.45, 7) is 3.69. The van der Waals surface area contributed by atoms with Crippen molar-refractivity contribution in [2.24, 2.45) is 10.9 Å². The standard InChI is InChI=1S/C15H13N3OS.C9H6N2S/c1-9-6-12(5-4-11(9)7-16)18-15(20)13(8-17)14(19)10-2-3-10;1-7-4-9(11-6-12)3-2-8(7)5-10/h4-6,10,19H,2-3H2,1H3,(H,18,20);2-4H,1H3. The molecule has 8 heteroatoms. The maximum Gasteiger partial charge on any atom is 0.125 e. The first-order valence-corrected chi connectivity index (χ1v) is 10.4. The van der Waals surface area contributed by atoms with Crippen LogP contribution in [0.4, 0.5) is 11.4 Å². The Bertz CT molecular complexity index is 1250. The van der Waals surface area contributed by atoms with Crippen LogP contribution < -0.4 is 5.32 Å². The van der Waals surface area contributed by atoms with Crippen molar-refractivity contribution in [2.45, 2.75) is 26.7 Å². The SMILES string of the molecule is Cc1cc(N=C=S)ccc1C#N.Cc1cc(NC(=S)C(C#N)=C(O)C2CC2)ccc1C#N. The number of allylic oxidation sites excluding steroid dienone is 1. The lowest BCUT2D eigenvalue weighted by Gasteiger charge is -2.09. The Labute approximate surface area is 197 Å². The van der Waals surface area contributed by atoms with Crippen molar-refractivity contribution >= 4 is 46.0 Å². The summed E-state index contributed by atoms with van der Waals surface area (Å²) in [5.41, 5.74) is 4.56. The summed E-state index contributed by atoms with van der Waals surface area (Å²) in [5, 5.41) is 41.7. The number of nitrogens with zero attached hydrogens (tertiary/aromatic N) is 4. The molecule has 0 atom stereocenters. The monoisotopic (exact) mass is 457 g/mol. The highest BCUT2D eigenvalue weighted by Gasteiger charge is 2.29. The molecule has 0 heterocycles. The average Bonchev–Trinajstić information content (AvgIpc) is 3.61. The van der Waals surface area contributed by atoms with Crippen LogP contribution in [0.5, 0.6) is 0 Å². The highest BCUT2D eigenvalue weighted by Crippen LogP contribution is 2.36. The molecule has 0 amide bonds. The Morgan fingerprint density at radius 1 is 1.03 bits per heavy atom. The molecule has 32 heavy (non-hydrogen) atoms. The van der Waals surface area contributed by atoms with Crippen LogP contribution in [0.1, 0.15) is 35.1 Å². The van der Waals surface area contributed by atoms with Crippen molar-refractivity contribution in [1.82, 2.24) is 0 Å². The van der Waals surface area contributed by atoms with E-state index in [2.05, 4.69) is 39.8 Å². The largest absolute Gasteiger partial charge is 0.511 e. The fourth-order valence-corrected chi connectivity index (χ4v) is 3.11. The number of thiocarbonyl (C=S) groups is 2. The number of benzene rings is 2. The normalized spacial score (nSPS) is 12.3. The van der Waals surface area contributed by atoms with Crippen LogP contribution in [0, 0.1) is 53.8 Å². The third kappa shape index (κ3) is 6.57. The molecule has 0 radical (unpaired) electrons. The van der Waals surface area contributed by atoms with E-state index in [1.165, 1.54) is 0 Å². The van der Waals surface area contributed by atoms with Crippen LogP contribution in [-0.4, -0.2) is 15.3 Å². The number of nitriles is 3. The molecule has 0 bridgehead atoms. The number of hydrogen-bond acceptors (Lipinski definition) is 7. The van der Waals surface area contributed by atoms with Gasteiger partial charge in [-0.2, -0.15) is 20.8 Å². The number of isothiocyanates is 1. The lowest BCUT2D eigenvalue weighted by atomic mass is 10.1. The second kappa shape index (κ2) is 11.5. The second-order valence-electron chi connectivity index (χ2n) is 7.06. The van der Waals surface area contributed by atoms with Crippen molar-refractivity contribution in [3.63, 3.8) is 0 Å². The molecule has 2 N–H and O–H groups in total. The van der Waals surface area contributed by atoms with Crippen LogP contribution in [0.15, 0.2) is 52.7 Å². The molecule has 0 spiro atoms. The molecule has 2 aromatic carbocycles. The lowest BCUT2D eigenvalue weighted by molar-refractivity contribution is 0.377. The number of hydrogen-bond donors (Lipinski definition) is 2. The number of anilines is 1. The maximum atomic E-state index is 9.92. The van der Waals surface area contributed by atoms with E-state index in [1.54, 1.807) is 36.4 Å². The third-order valence-electron chi connectivity index (χ3n) is 4.67. The molecule has 1 aliphatic carbocycles. The van der Waals surface area contributed by atoms with Gasteiger partial charge < -0.3 is 10.4 Å². The van der Waals surface area contributed by atoms with Crippen molar-refractivity contribution in [3.05, 3.63) is 70.0 Å². The van der Waals surface area contributed by atoms with Crippen LogP contribution in [0.25, 0.3) is 0 Å². The number of aryl methyl sites for hydroxylation is 2. The van der Waals surface area contributed by atoms with Gasteiger partial charge in [-0.15, -0.1) is 0 Å². The van der Waals surface area contributed by atoms with E-state index in [9.17, 15) is 5.11 Å². The van der Waals surface area contributed by atoms with Gasteiger partial charge in [-0.25, -0.2) is 0 Å². The van der Waals surface area contributed by atoms with Crippen LogP contribution in [0.2, 0.25) is 0 Å². The fraction of sp³-hybridized carbons (Fsp3) is 0.208. The van der Waals surface area contributed by atoms with Gasteiger partial charge in [0.25, 0.3) is 0 Å². The van der Waals surface area contributed by atoms with Gasteiger partial charge in [0.2, 0.25) is 0 Å². The zero-order valence-electron chi connectivity index (χ0n) is 17.5. The summed E-state index contributed by atoms with van der Waals surface area (Å²) in [6.07, 6.45) is 1.80. The topological polar surface area (TPSA) is 116 Å². The summed E-state index contributed by atoms with van der Waals surface area (Å²) in [4.78, 5) is 4.01. The maximum absolute atomic E-state index is 9.92. The predicted molar refractivity (Wildman–Crippen MR) is 131 cm³/mol. The summed E-state index contributed by atoms with van der Waals surface area (Å²) >= 11 is 9.62. The van der Waals surface area contributed by atoms with E-state index in [-0.39, 0.29) is 22.2 Å². The number of nitrogens with one attached hydrogen (secondary N) is 1. The highest BCUT2D eigenvalue weighted by atomic mass is 32.1. The molecular formula is C24H19N5OS2. The van der Waals surface area contributed by atoms with Gasteiger partial charge in [0.05, 0.1) is 34.1 Å². The van der Waals surface area contributed by atoms with Gasteiger partial charge in [0.1, 0.15) is 22.4 Å². The highest BCUT2D eigenvalue weighted by molar-refractivity contribution is 7.81. The molecule has 1 aliphatic rings. The molecule has 3 rings (SSSR count). The first-order valence-electron chi connectivity index (χ1n) is 9.58. The quantitative estimate of drug-likeness (QED) is 0.191. The van der Waals surface area contributed by atoms with Crippen molar-refractivity contribution in [2.75, 3.05) is 5.32 Å². The van der Waals surface area contributed by atoms with E-state index in [0.29, 0.717) is 16.8 Å². The molecule has 6 nitrogen and oxygen atoms in total. The van der Waals surface area contributed by atoms with Crippen molar-refractivity contribution in [3.8, 4) is 18.2 Å². The summed E-state index contributed by atoms with van der Waals surface area (Å²) < 4.78 is 0. The molecule has 0 saturated heterocycles. The first kappa shape index (κ1) is 24.4. The van der Waals surface area contributed by atoms with Gasteiger partial charge in [-0.3, -0.25) is 0 Å². The zero-order chi connectivity index (χ0) is 23.7. The van der Waals surface area contributed by atoms with Gasteiger partial charge in [-0.05, 0) is 86.4 Å². The minimum atomic E-state index is 0.0760. The van der Waals surface area contributed by atoms with E-state index in [1.807, 2.05) is 19.9 Å². The van der Waals surface area contributed by atoms with Gasteiger partial charge in [-0.1, -0.05) is 12.2 Å². The van der Waals surface area contributed by atoms with E-state index in [0.717, 1.165) is 29.7 Å². The third-order valence-corrected chi connectivity index (χ3v) is 5.07. The number of rotatable bonds is 4. The first-order chi connectivity index (χ1) is 15.3. The number of aliphatic hydroxyl groups is 1. The van der Waals surface area contributed by atoms with Gasteiger partial charge in [0.15, 0.2) is 0 Å². The Balaban J connectivity index is 0.000000258. The average molecular weight is 458 g/mol. The number of aliphatic imine (C=N–C) groups is 1. The molecule has 0 unspecified atom stereocenters. The smallest absolute Gasteiger partial charge is 0.125 e. The fourth-order valence-electron chi connectivity index (χ4n) is 2.74. The molecular weight excluding hydrogens is 438 g/mol. The van der Waals surface area contributed by atoms with E-state index >= 15 is 0 Å². The Hall–Kier alpha value is -3.86. The summed E-state index contributed by atoms with van der Waals surface area (Å²) in [5.74, 6) is 0.155. The molecule has 0 aromatic heterocycles. The minimum Gasteiger partial charge on any atom is -0.511 e. The Morgan fingerprint density at radius 2 is 1.62 bits per heavy atom. The molecule has 1 saturated carbocycles. The van der Waals surface area contributed by atoms with Crippen LogP contribution >= 0.6 is 24.4 Å². The minimum absolute atomic E-state index is 0.0760. The predicted octanol–water partition coefficient (Wildman–Crippen LogP) is 5.95. The molecule has 0 aliphatic heterocycles. The zero-order valence-corrected chi connectivity index (χ0v) is 19.1. The van der Waals surface area contributed by atoms with Crippen molar-refractivity contribution in [1.29, 1.82) is 15.8 Å². The van der Waals surface area contributed by atoms with Gasteiger partial charge >= 0.3 is 0 Å². The summed E-state index contributed by atoms with van der Waals surface area (Å²) in [7, 11) is 0. The lowest BCUT2D eigenvalue weighted by Crippen LogP contribution is -2.14. The van der Waals surface area contributed by atoms with Crippen molar-refractivity contribution < 1.29 is 5.11 Å². The molecule has 1 fully saturated rings. The summed E-state index contributed by atoms with van der Waals surface area (Å²) in [6, 6.07) is 16.6. The number of aliphatic hydroxyl groups excluding tert-OH is 1. The van der Waals surface area contributed by atoms with Crippen LogP contribution in [0.3, 0.4) is 0 Å². The molecule has 2 aromatic rings. The second-order valence-corrected chi connectivity index (χ2v) is 7.65. The Morgan fingerprint density at radius 3 is 2.09 bits per heavy atom. The van der Waals surface area contributed by atoms with E-state index < -0.39 is 0 Å². The molecule has 158 valence electrons. The van der Waals surface area contributed by atoms with Crippen LogP contribution in [-0.2, 0) is 0 Å². The Kier molecular flexibility index (Phi) is 8.78.